The molecule has 1 saturated heterocycles. The molecule has 0 bridgehead atoms. The van der Waals surface area contributed by atoms with Gasteiger partial charge in [-0.3, -0.25) is 0 Å². The number of hydrogen-bond donors (Lipinski definition) is 0. The van der Waals surface area contributed by atoms with Crippen LogP contribution in [0, 0.1) is 0 Å². The molecule has 2 nitrogen and oxygen atoms in total. The molecule has 2 aromatic carbocycles. The minimum atomic E-state index is -2.00. The van der Waals surface area contributed by atoms with Crippen LogP contribution in [0.5, 0.6) is 0 Å². The van der Waals surface area contributed by atoms with Crippen LogP contribution in [0.4, 0.5) is 11.4 Å². The van der Waals surface area contributed by atoms with Crippen LogP contribution in [0.25, 0.3) is 0 Å². The van der Waals surface area contributed by atoms with E-state index < -0.39 is 6.98 Å². The van der Waals surface area contributed by atoms with Crippen LogP contribution < -0.4 is 4.90 Å². The molecule has 1 atom stereocenters. The SMILES string of the molecule is [2H][13C]([2H])([2H])N1CCCCC1CCN1c2ccccc2Sc2ccc(SC)cc21. The Hall–Kier alpha value is -1.10. The van der Waals surface area contributed by atoms with E-state index in [0.717, 1.165) is 32.2 Å². The van der Waals surface area contributed by atoms with E-state index in [1.54, 1.807) is 16.7 Å². The quantitative estimate of drug-likeness (QED) is 0.486. The Morgan fingerprint density at radius 1 is 1.16 bits per heavy atom. The zero-order chi connectivity index (χ0) is 19.7. The first-order chi connectivity index (χ1) is 13.5. The summed E-state index contributed by atoms with van der Waals surface area (Å²) in [5.74, 6) is 0. The van der Waals surface area contributed by atoms with Crippen molar-refractivity contribution < 1.29 is 4.11 Å². The zero-order valence-electron chi connectivity index (χ0n) is 17.6. The molecule has 4 rings (SSSR count). The second kappa shape index (κ2) is 7.65. The van der Waals surface area contributed by atoms with Crippen LogP contribution >= 0.6 is 23.5 Å². The van der Waals surface area contributed by atoms with Crippen molar-refractivity contribution in [2.75, 3.05) is 31.2 Å². The van der Waals surface area contributed by atoms with Gasteiger partial charge in [0.15, 0.2) is 0 Å². The highest BCUT2D eigenvalue weighted by Crippen LogP contribution is 2.49. The summed E-state index contributed by atoms with van der Waals surface area (Å²) in [4.78, 5) is 7.94. The van der Waals surface area contributed by atoms with E-state index in [9.17, 15) is 0 Å². The van der Waals surface area contributed by atoms with Crippen LogP contribution in [-0.4, -0.2) is 37.3 Å². The summed E-state index contributed by atoms with van der Waals surface area (Å²) in [6.45, 7) is -0.481. The zero-order valence-corrected chi connectivity index (χ0v) is 16.2. The lowest BCUT2D eigenvalue weighted by Gasteiger charge is -2.37. The van der Waals surface area contributed by atoms with Crippen molar-refractivity contribution in [3.05, 3.63) is 42.5 Å². The summed E-state index contributed by atoms with van der Waals surface area (Å²) in [6, 6.07) is 15.3. The average Bonchev–Trinajstić information content (AvgIpc) is 2.70. The highest BCUT2D eigenvalue weighted by atomic mass is 32.2. The molecule has 2 aliphatic heterocycles. The number of anilines is 2. The first kappa shape index (κ1) is 14.0. The highest BCUT2D eigenvalue weighted by Gasteiger charge is 2.25. The van der Waals surface area contributed by atoms with Crippen LogP contribution in [0.15, 0.2) is 57.2 Å². The molecule has 2 aromatic rings. The molecule has 0 N–H and O–H groups in total. The van der Waals surface area contributed by atoms with Gasteiger partial charge < -0.3 is 9.80 Å². The Bertz CT molecular complexity index is 841. The number of piperidine rings is 1. The Morgan fingerprint density at radius 3 is 2.92 bits per heavy atom. The van der Waals surface area contributed by atoms with Crippen molar-refractivity contribution in [1.82, 2.24) is 4.90 Å². The molecular weight excluding hydrogens is 345 g/mol. The maximum atomic E-state index is 7.91. The van der Waals surface area contributed by atoms with Gasteiger partial charge in [0.1, 0.15) is 0 Å². The molecular formula is C21H26N2S2. The van der Waals surface area contributed by atoms with Crippen LogP contribution in [0.3, 0.4) is 0 Å². The smallest absolute Gasteiger partial charge is 0.0564 e. The number of rotatable bonds is 4. The lowest BCUT2D eigenvalue weighted by atomic mass is 10.0. The fourth-order valence-corrected chi connectivity index (χ4v) is 5.27. The predicted molar refractivity (Wildman–Crippen MR) is 111 cm³/mol. The topological polar surface area (TPSA) is 6.48 Å². The third-order valence-corrected chi connectivity index (χ3v) is 7.00. The number of hydrogen-bond acceptors (Lipinski definition) is 4. The van der Waals surface area contributed by atoms with Crippen molar-refractivity contribution in [1.29, 1.82) is 0 Å². The Kier molecular flexibility index (Phi) is 4.29. The summed E-state index contributed by atoms with van der Waals surface area (Å²) in [5.41, 5.74) is 2.47. The van der Waals surface area contributed by atoms with E-state index in [1.807, 2.05) is 11.8 Å². The van der Waals surface area contributed by atoms with Gasteiger partial charge in [-0.05, 0) is 69.4 Å². The number of para-hydroxylation sites is 1. The molecule has 2 aliphatic rings. The van der Waals surface area contributed by atoms with E-state index in [4.69, 9.17) is 4.11 Å². The maximum Gasteiger partial charge on any atom is 0.0564 e. The summed E-state index contributed by atoms with van der Waals surface area (Å²) in [5, 5.41) is 0. The molecule has 1 fully saturated rings. The standard InChI is InChI=1S/C21H26N2S2/c1-22-13-6-5-7-16(22)12-14-23-18-8-3-4-9-20(18)25-21-11-10-17(24-2)15-19(21)23/h3-4,8-11,15-16H,5-7,12-14H2,1-2H3/i1+1D3. The van der Waals surface area contributed by atoms with Gasteiger partial charge >= 0.3 is 0 Å². The van der Waals surface area contributed by atoms with Gasteiger partial charge in [0.25, 0.3) is 0 Å². The third kappa shape index (κ3) is 3.57. The average molecular weight is 375 g/mol. The van der Waals surface area contributed by atoms with Gasteiger partial charge in [0.2, 0.25) is 0 Å². The van der Waals surface area contributed by atoms with E-state index in [0.29, 0.717) is 6.54 Å². The molecule has 1 unspecified atom stereocenters. The monoisotopic (exact) mass is 374 g/mol. The lowest BCUT2D eigenvalue weighted by molar-refractivity contribution is 0.178. The van der Waals surface area contributed by atoms with Crippen molar-refractivity contribution in [3.8, 4) is 0 Å². The summed E-state index contributed by atoms with van der Waals surface area (Å²) < 4.78 is 23.7. The molecule has 132 valence electrons. The fraction of sp³-hybridized carbons (Fsp3) is 0.429. The summed E-state index contributed by atoms with van der Waals surface area (Å²) >= 11 is 3.58. The number of likely N-dealkylation sites (tertiary alicyclic amines) is 1. The Morgan fingerprint density at radius 2 is 2.04 bits per heavy atom. The fourth-order valence-electron chi connectivity index (χ4n) is 3.76. The minimum absolute atomic E-state index is 0.121. The number of fused-ring (bicyclic) bond motifs is 2. The lowest BCUT2D eigenvalue weighted by Crippen LogP contribution is -2.38. The minimum Gasteiger partial charge on any atom is -0.340 e. The van der Waals surface area contributed by atoms with Gasteiger partial charge in [-0.2, -0.15) is 0 Å². The van der Waals surface area contributed by atoms with Crippen LogP contribution in [0.2, 0.25) is 0 Å². The van der Waals surface area contributed by atoms with Gasteiger partial charge in [-0.25, -0.2) is 0 Å². The predicted octanol–water partition coefficient (Wildman–Crippen LogP) is 5.89. The van der Waals surface area contributed by atoms with E-state index >= 15 is 0 Å². The highest BCUT2D eigenvalue weighted by molar-refractivity contribution is 8.00. The molecule has 25 heavy (non-hydrogen) atoms. The Labute approximate surface area is 164 Å². The summed E-state index contributed by atoms with van der Waals surface area (Å²) in [6.07, 6.45) is 6.04. The normalized spacial score (nSPS) is 22.5. The first-order valence-electron chi connectivity index (χ1n) is 10.5. The maximum absolute atomic E-state index is 7.91. The third-order valence-electron chi connectivity index (χ3n) is 5.15. The van der Waals surface area contributed by atoms with E-state index in [1.165, 1.54) is 26.1 Å². The van der Waals surface area contributed by atoms with Gasteiger partial charge in [-0.1, -0.05) is 30.3 Å². The second-order valence-corrected chi connectivity index (χ2v) is 8.65. The molecule has 0 spiro atoms. The van der Waals surface area contributed by atoms with E-state index in [2.05, 4.69) is 53.6 Å². The van der Waals surface area contributed by atoms with Gasteiger partial charge in [-0.15, -0.1) is 11.8 Å². The van der Waals surface area contributed by atoms with Gasteiger partial charge in [0, 0.05) is 31.4 Å². The number of benzene rings is 2. The largest absolute Gasteiger partial charge is 0.340 e. The second-order valence-electron chi connectivity index (χ2n) is 6.69. The summed E-state index contributed by atoms with van der Waals surface area (Å²) in [7, 11) is 0. The first-order valence-corrected chi connectivity index (χ1v) is 11.0. The number of nitrogens with zero attached hydrogens (tertiary/aromatic N) is 2. The molecule has 2 heterocycles. The molecule has 0 aromatic heterocycles. The van der Waals surface area contributed by atoms with Crippen molar-refractivity contribution in [2.24, 2.45) is 0 Å². The van der Waals surface area contributed by atoms with Crippen LogP contribution in [-0.2, 0) is 0 Å². The van der Waals surface area contributed by atoms with Gasteiger partial charge in [0.05, 0.1) is 11.4 Å². The molecule has 0 aliphatic carbocycles. The van der Waals surface area contributed by atoms with Crippen molar-refractivity contribution >= 4 is 34.9 Å². The van der Waals surface area contributed by atoms with Crippen molar-refractivity contribution in [3.63, 3.8) is 0 Å². The Balaban J connectivity index is 1.62. The molecule has 0 radical (unpaired) electrons. The molecule has 0 saturated carbocycles. The molecule has 4 heteroatoms. The van der Waals surface area contributed by atoms with E-state index in [-0.39, 0.29) is 6.04 Å². The number of thioether (sulfide) groups is 1. The molecule has 0 amide bonds. The van der Waals surface area contributed by atoms with Crippen LogP contribution in [0.1, 0.15) is 29.8 Å². The van der Waals surface area contributed by atoms with Crippen molar-refractivity contribution in [2.45, 2.75) is 46.4 Å².